The van der Waals surface area contributed by atoms with Crippen LogP contribution in [0.4, 0.5) is 0 Å². The molecule has 1 amide bonds. The smallest absolute Gasteiger partial charge is 0.305 e. The van der Waals surface area contributed by atoms with Crippen LogP contribution in [-0.2, 0) is 4.79 Å². The second kappa shape index (κ2) is 5.81. The Bertz CT molecular complexity index is 681. The minimum Gasteiger partial charge on any atom is -0.481 e. The first-order valence-corrected chi connectivity index (χ1v) is 7.89. The number of furan rings is 1. The summed E-state index contributed by atoms with van der Waals surface area (Å²) < 4.78 is 5.41. The van der Waals surface area contributed by atoms with Crippen molar-refractivity contribution in [2.75, 3.05) is 18.1 Å². The van der Waals surface area contributed by atoms with Gasteiger partial charge in [-0.2, -0.15) is 11.8 Å². The third kappa shape index (κ3) is 2.76. The van der Waals surface area contributed by atoms with Gasteiger partial charge in [0, 0.05) is 23.4 Å². The number of para-hydroxylation sites is 1. The SMILES string of the molecule is O=C(O)CC1CSCCN1C(=O)c1coc2ccccc12. The Morgan fingerprint density at radius 3 is 3.00 bits per heavy atom. The summed E-state index contributed by atoms with van der Waals surface area (Å²) in [5.41, 5.74) is 1.18. The molecular weight excluding hydrogens is 290 g/mol. The molecule has 1 unspecified atom stereocenters. The van der Waals surface area contributed by atoms with E-state index in [4.69, 9.17) is 9.52 Å². The Balaban J connectivity index is 1.90. The first kappa shape index (κ1) is 14.0. The lowest BCUT2D eigenvalue weighted by atomic mass is 10.1. The van der Waals surface area contributed by atoms with Gasteiger partial charge < -0.3 is 14.4 Å². The fourth-order valence-electron chi connectivity index (χ4n) is 2.59. The van der Waals surface area contributed by atoms with Crippen molar-refractivity contribution in [3.05, 3.63) is 36.1 Å². The molecule has 1 saturated heterocycles. The topological polar surface area (TPSA) is 70.8 Å². The maximum atomic E-state index is 12.7. The molecule has 21 heavy (non-hydrogen) atoms. The largest absolute Gasteiger partial charge is 0.481 e. The highest BCUT2D eigenvalue weighted by Crippen LogP contribution is 2.26. The first-order chi connectivity index (χ1) is 10.2. The Labute approximate surface area is 125 Å². The molecule has 2 aromatic rings. The second-order valence-electron chi connectivity index (χ2n) is 4.97. The summed E-state index contributed by atoms with van der Waals surface area (Å²) in [7, 11) is 0. The molecule has 110 valence electrons. The Kier molecular flexibility index (Phi) is 3.88. The number of rotatable bonds is 3. The molecule has 1 N–H and O–H groups in total. The van der Waals surface area contributed by atoms with Crippen molar-refractivity contribution in [1.82, 2.24) is 4.90 Å². The molecule has 3 rings (SSSR count). The molecule has 0 spiro atoms. The van der Waals surface area contributed by atoms with Crippen LogP contribution in [0.2, 0.25) is 0 Å². The summed E-state index contributed by atoms with van der Waals surface area (Å²) >= 11 is 1.69. The number of amides is 1. The van der Waals surface area contributed by atoms with Crippen LogP contribution in [0.15, 0.2) is 34.9 Å². The molecule has 1 atom stereocenters. The van der Waals surface area contributed by atoms with Gasteiger partial charge in [0.15, 0.2) is 0 Å². The number of carbonyl (C=O) groups excluding carboxylic acids is 1. The van der Waals surface area contributed by atoms with Crippen molar-refractivity contribution in [3.63, 3.8) is 0 Å². The van der Waals surface area contributed by atoms with Crippen LogP contribution in [0, 0.1) is 0 Å². The van der Waals surface area contributed by atoms with Gasteiger partial charge in [-0.05, 0) is 6.07 Å². The molecule has 1 aliphatic rings. The third-order valence-electron chi connectivity index (χ3n) is 3.61. The van der Waals surface area contributed by atoms with E-state index in [9.17, 15) is 9.59 Å². The van der Waals surface area contributed by atoms with Crippen LogP contribution in [0.3, 0.4) is 0 Å². The predicted octanol–water partition coefficient (Wildman–Crippen LogP) is 2.47. The number of carboxylic acid groups (broad SMARTS) is 1. The van der Waals surface area contributed by atoms with Crippen LogP contribution < -0.4 is 0 Å². The fourth-order valence-corrected chi connectivity index (χ4v) is 3.65. The zero-order valence-electron chi connectivity index (χ0n) is 11.3. The maximum absolute atomic E-state index is 12.7. The Morgan fingerprint density at radius 2 is 2.19 bits per heavy atom. The van der Waals surface area contributed by atoms with Crippen LogP contribution in [-0.4, -0.2) is 46.0 Å². The van der Waals surface area contributed by atoms with E-state index in [-0.39, 0.29) is 18.4 Å². The van der Waals surface area contributed by atoms with E-state index in [1.54, 1.807) is 16.7 Å². The monoisotopic (exact) mass is 305 g/mol. The number of hydrogen-bond donors (Lipinski definition) is 1. The van der Waals surface area contributed by atoms with Gasteiger partial charge >= 0.3 is 5.97 Å². The number of nitrogens with zero attached hydrogens (tertiary/aromatic N) is 1. The molecule has 1 aliphatic heterocycles. The molecule has 5 nitrogen and oxygen atoms in total. The van der Waals surface area contributed by atoms with Gasteiger partial charge in [0.25, 0.3) is 5.91 Å². The van der Waals surface area contributed by atoms with E-state index in [1.807, 2.05) is 24.3 Å². The van der Waals surface area contributed by atoms with E-state index in [0.29, 0.717) is 23.4 Å². The maximum Gasteiger partial charge on any atom is 0.305 e. The average Bonchev–Trinajstić information content (AvgIpc) is 2.90. The lowest BCUT2D eigenvalue weighted by Gasteiger charge is -2.34. The summed E-state index contributed by atoms with van der Waals surface area (Å²) in [6, 6.07) is 7.10. The quantitative estimate of drug-likeness (QED) is 0.943. The molecular formula is C15H15NO4S. The second-order valence-corrected chi connectivity index (χ2v) is 6.12. The zero-order valence-corrected chi connectivity index (χ0v) is 12.1. The van der Waals surface area contributed by atoms with Gasteiger partial charge in [0.05, 0.1) is 18.0 Å². The highest BCUT2D eigenvalue weighted by molar-refractivity contribution is 7.99. The number of aliphatic carboxylic acids is 1. The summed E-state index contributed by atoms with van der Waals surface area (Å²) in [6.45, 7) is 0.570. The van der Waals surface area contributed by atoms with Crippen LogP contribution in [0.5, 0.6) is 0 Å². The lowest BCUT2D eigenvalue weighted by molar-refractivity contribution is -0.138. The molecule has 0 saturated carbocycles. The standard InChI is InChI=1S/C15H15NO4S/c17-14(18)7-10-9-21-6-5-16(10)15(19)12-8-20-13-4-2-1-3-11(12)13/h1-4,8,10H,5-7,9H2,(H,17,18). The highest BCUT2D eigenvalue weighted by atomic mass is 32.2. The molecule has 0 radical (unpaired) electrons. The summed E-state index contributed by atoms with van der Waals surface area (Å²) in [4.78, 5) is 25.4. The minimum absolute atomic E-state index is 0.0193. The number of fused-ring (bicyclic) bond motifs is 1. The summed E-state index contributed by atoms with van der Waals surface area (Å²) in [6.07, 6.45) is 1.45. The Hall–Kier alpha value is -1.95. The highest BCUT2D eigenvalue weighted by Gasteiger charge is 2.30. The van der Waals surface area contributed by atoms with Crippen molar-refractivity contribution < 1.29 is 19.1 Å². The van der Waals surface area contributed by atoms with Crippen LogP contribution >= 0.6 is 11.8 Å². The molecule has 2 heterocycles. The van der Waals surface area contributed by atoms with Crippen molar-refractivity contribution in [3.8, 4) is 0 Å². The molecule has 6 heteroatoms. The van der Waals surface area contributed by atoms with E-state index in [2.05, 4.69) is 0 Å². The molecule has 1 aromatic heterocycles. The molecule has 1 aromatic carbocycles. The first-order valence-electron chi connectivity index (χ1n) is 6.73. The predicted molar refractivity (Wildman–Crippen MR) is 80.6 cm³/mol. The normalized spacial score (nSPS) is 18.9. The van der Waals surface area contributed by atoms with Crippen LogP contribution in [0.25, 0.3) is 11.0 Å². The number of carbonyl (C=O) groups is 2. The number of hydrogen-bond acceptors (Lipinski definition) is 4. The average molecular weight is 305 g/mol. The van der Waals surface area contributed by atoms with Crippen molar-refractivity contribution in [2.45, 2.75) is 12.5 Å². The number of thioether (sulfide) groups is 1. The number of carboxylic acids is 1. The van der Waals surface area contributed by atoms with Crippen molar-refractivity contribution in [2.24, 2.45) is 0 Å². The van der Waals surface area contributed by atoms with E-state index < -0.39 is 5.97 Å². The van der Waals surface area contributed by atoms with Crippen molar-refractivity contribution in [1.29, 1.82) is 0 Å². The Morgan fingerprint density at radius 1 is 1.38 bits per heavy atom. The van der Waals surface area contributed by atoms with Gasteiger partial charge in [0.2, 0.25) is 0 Å². The van der Waals surface area contributed by atoms with E-state index >= 15 is 0 Å². The van der Waals surface area contributed by atoms with E-state index in [0.717, 1.165) is 11.1 Å². The van der Waals surface area contributed by atoms with Gasteiger partial charge in [-0.25, -0.2) is 0 Å². The van der Waals surface area contributed by atoms with Gasteiger partial charge in [0.1, 0.15) is 11.8 Å². The van der Waals surface area contributed by atoms with Gasteiger partial charge in [-0.1, -0.05) is 18.2 Å². The molecule has 0 bridgehead atoms. The number of benzene rings is 1. The minimum atomic E-state index is -0.877. The molecule has 0 aliphatic carbocycles. The lowest BCUT2D eigenvalue weighted by Crippen LogP contribution is -2.47. The summed E-state index contributed by atoms with van der Waals surface area (Å²) in [5.74, 6) is 0.467. The van der Waals surface area contributed by atoms with Gasteiger partial charge in [-0.15, -0.1) is 0 Å². The molecule has 1 fully saturated rings. The summed E-state index contributed by atoms with van der Waals surface area (Å²) in [5, 5.41) is 9.77. The van der Waals surface area contributed by atoms with Crippen LogP contribution in [0.1, 0.15) is 16.8 Å². The van der Waals surface area contributed by atoms with Gasteiger partial charge in [-0.3, -0.25) is 9.59 Å². The zero-order chi connectivity index (χ0) is 14.8. The van der Waals surface area contributed by atoms with Crippen molar-refractivity contribution >= 4 is 34.6 Å². The van der Waals surface area contributed by atoms with E-state index in [1.165, 1.54) is 6.26 Å². The third-order valence-corrected chi connectivity index (χ3v) is 4.70. The fraction of sp³-hybridized carbons (Fsp3) is 0.333.